The van der Waals surface area contributed by atoms with Gasteiger partial charge in [-0.3, -0.25) is 9.80 Å². The molecule has 1 N–H and O–H groups in total. The summed E-state index contributed by atoms with van der Waals surface area (Å²) in [6.45, 7) is 8.51. The molecule has 186 valence electrons. The lowest BCUT2D eigenvalue weighted by atomic mass is 9.94. The molecule has 2 amide bonds. The fourth-order valence-electron chi connectivity index (χ4n) is 5.81. The number of nitrogens with one attached hydrogen (secondary N) is 1. The molecule has 4 heterocycles. The fourth-order valence-corrected chi connectivity index (χ4v) is 6.82. The van der Waals surface area contributed by atoms with Gasteiger partial charge in [0.25, 0.3) is 0 Å². The van der Waals surface area contributed by atoms with Crippen LogP contribution in [-0.4, -0.2) is 62.8 Å². The molecule has 2 saturated heterocycles. The van der Waals surface area contributed by atoms with Gasteiger partial charge in [0.15, 0.2) is 0 Å². The van der Waals surface area contributed by atoms with Crippen LogP contribution in [0.1, 0.15) is 36.1 Å². The van der Waals surface area contributed by atoms with Crippen molar-refractivity contribution >= 4 is 38.8 Å². The van der Waals surface area contributed by atoms with Crippen LogP contribution in [-0.2, 0) is 11.2 Å². The number of nitriles is 1. The predicted molar refractivity (Wildman–Crippen MR) is 144 cm³/mol. The van der Waals surface area contributed by atoms with Crippen molar-refractivity contribution < 1.29 is 9.53 Å². The Morgan fingerprint density at radius 3 is 2.92 bits per heavy atom. The molecule has 0 aliphatic carbocycles. The van der Waals surface area contributed by atoms with Gasteiger partial charge in [-0.2, -0.15) is 5.26 Å². The number of fused-ring (bicyclic) bond motifs is 2. The number of carbonyl (C=O) groups excluding carboxylic acids is 1. The van der Waals surface area contributed by atoms with Crippen LogP contribution in [0.15, 0.2) is 41.8 Å². The number of anilines is 2. The summed E-state index contributed by atoms with van der Waals surface area (Å²) >= 11 is 1.72. The van der Waals surface area contributed by atoms with Crippen LogP contribution in [0.4, 0.5) is 16.2 Å². The first-order chi connectivity index (χ1) is 17.6. The number of hydrogen-bond acceptors (Lipinski definition) is 6. The number of nitrogens with zero attached hydrogens (tertiary/aromatic N) is 4. The molecule has 1 aromatic heterocycles. The summed E-state index contributed by atoms with van der Waals surface area (Å²) in [6, 6.07) is 15.1. The minimum atomic E-state index is -0.00550. The van der Waals surface area contributed by atoms with Gasteiger partial charge >= 0.3 is 6.03 Å². The minimum Gasteiger partial charge on any atom is -0.373 e. The largest absolute Gasteiger partial charge is 0.373 e. The van der Waals surface area contributed by atoms with E-state index in [-0.39, 0.29) is 12.1 Å². The Morgan fingerprint density at radius 1 is 1.19 bits per heavy atom. The summed E-state index contributed by atoms with van der Waals surface area (Å²) in [5.41, 5.74) is 5.58. The maximum Gasteiger partial charge on any atom is 0.321 e. The Labute approximate surface area is 215 Å². The predicted octanol–water partition coefficient (Wildman–Crippen LogP) is 4.52. The highest BCUT2D eigenvalue weighted by Gasteiger charge is 2.29. The fraction of sp³-hybridized carbons (Fsp3) is 0.429. The quantitative estimate of drug-likeness (QED) is 0.557. The lowest BCUT2D eigenvalue weighted by Gasteiger charge is -2.41. The molecule has 3 aliphatic heterocycles. The molecule has 0 radical (unpaired) electrons. The summed E-state index contributed by atoms with van der Waals surface area (Å²) in [6.07, 6.45) is 1.98. The molecule has 3 aromatic rings. The van der Waals surface area contributed by atoms with Gasteiger partial charge in [-0.25, -0.2) is 4.79 Å². The summed E-state index contributed by atoms with van der Waals surface area (Å²) in [5, 5.41) is 15.6. The zero-order valence-electron chi connectivity index (χ0n) is 20.6. The second-order valence-corrected chi connectivity index (χ2v) is 10.9. The molecule has 2 fully saturated rings. The number of benzene rings is 2. The van der Waals surface area contributed by atoms with E-state index in [1.54, 1.807) is 11.3 Å². The maximum atomic E-state index is 12.1. The maximum absolute atomic E-state index is 12.1. The van der Waals surface area contributed by atoms with Gasteiger partial charge in [0.05, 0.1) is 30.0 Å². The number of urea groups is 1. The van der Waals surface area contributed by atoms with Gasteiger partial charge < -0.3 is 15.0 Å². The number of carbonyl (C=O) groups is 1. The van der Waals surface area contributed by atoms with Gasteiger partial charge in [0.2, 0.25) is 0 Å². The van der Waals surface area contributed by atoms with Crippen molar-refractivity contribution in [2.75, 3.05) is 55.7 Å². The first kappa shape index (κ1) is 23.3. The Morgan fingerprint density at radius 2 is 2.11 bits per heavy atom. The molecule has 3 aliphatic rings. The van der Waals surface area contributed by atoms with Crippen molar-refractivity contribution in [1.29, 1.82) is 5.26 Å². The van der Waals surface area contributed by atoms with Gasteiger partial charge in [-0.15, -0.1) is 11.3 Å². The first-order valence-corrected chi connectivity index (χ1v) is 13.7. The average Bonchev–Trinajstić information content (AvgIpc) is 3.53. The molecule has 0 spiro atoms. The molecule has 0 bridgehead atoms. The normalized spacial score (nSPS) is 22.5. The van der Waals surface area contributed by atoms with Gasteiger partial charge in [-0.05, 0) is 55.2 Å². The Balaban J connectivity index is 1.09. The number of thiophene rings is 1. The summed E-state index contributed by atoms with van der Waals surface area (Å²) in [5.74, 6) is 0. The number of rotatable bonds is 5. The Kier molecular flexibility index (Phi) is 6.30. The van der Waals surface area contributed by atoms with Crippen LogP contribution in [0.3, 0.4) is 0 Å². The number of ether oxygens (including phenoxy) is 1. The zero-order valence-corrected chi connectivity index (χ0v) is 21.4. The molecular formula is C28H31N5O2S. The second kappa shape index (κ2) is 9.74. The van der Waals surface area contributed by atoms with E-state index in [2.05, 4.69) is 57.8 Å². The highest BCUT2D eigenvalue weighted by molar-refractivity contribution is 7.17. The molecule has 7 nitrogen and oxygen atoms in total. The molecule has 2 aromatic carbocycles. The van der Waals surface area contributed by atoms with Crippen LogP contribution >= 0.6 is 11.3 Å². The van der Waals surface area contributed by atoms with E-state index in [0.717, 1.165) is 63.4 Å². The van der Waals surface area contributed by atoms with E-state index in [1.165, 1.54) is 26.9 Å². The summed E-state index contributed by atoms with van der Waals surface area (Å²) in [4.78, 5) is 19.0. The van der Waals surface area contributed by atoms with E-state index in [4.69, 9.17) is 4.74 Å². The number of amides is 2. The molecule has 2 atom stereocenters. The van der Waals surface area contributed by atoms with Crippen molar-refractivity contribution in [2.45, 2.75) is 31.9 Å². The standard InChI is InChI=1S/C28H31N5O2S/c1-19-17-32(25-18-36-27-14-20(16-29)2-4-24(25)27)12-11-31(19)9-6-26-23-5-3-22(15-21(23)7-13-35-26)33-10-8-30-28(33)34/h2-5,14-15,18-19,26H,6-13,17H2,1H3,(H,30,34)/t19-,26+/m1/s1. The van der Waals surface area contributed by atoms with Crippen LogP contribution in [0, 0.1) is 11.3 Å². The summed E-state index contributed by atoms with van der Waals surface area (Å²) < 4.78 is 7.39. The van der Waals surface area contributed by atoms with E-state index < -0.39 is 0 Å². The molecule has 8 heteroatoms. The van der Waals surface area contributed by atoms with Crippen molar-refractivity contribution in [3.8, 4) is 6.07 Å². The molecule has 0 unspecified atom stereocenters. The third-order valence-electron chi connectivity index (χ3n) is 7.80. The van der Waals surface area contributed by atoms with Crippen LogP contribution in [0.2, 0.25) is 0 Å². The third kappa shape index (κ3) is 4.32. The topological polar surface area (TPSA) is 71.8 Å². The monoisotopic (exact) mass is 501 g/mol. The molecule has 6 rings (SSSR count). The highest BCUT2D eigenvalue weighted by Crippen LogP contribution is 2.36. The Bertz CT molecular complexity index is 1330. The minimum absolute atomic E-state index is 0.00550. The van der Waals surface area contributed by atoms with Crippen LogP contribution < -0.4 is 15.1 Å². The SMILES string of the molecule is C[C@@H]1CN(c2csc3cc(C#N)ccc23)CCN1CC[C@@H]1OCCc2cc(N3CCNC3=O)ccc21. The molecular weight excluding hydrogens is 470 g/mol. The van der Waals surface area contributed by atoms with Gasteiger partial charge in [-0.1, -0.05) is 12.1 Å². The first-order valence-electron chi connectivity index (χ1n) is 12.8. The lowest BCUT2D eigenvalue weighted by molar-refractivity contribution is 0.0255. The zero-order chi connectivity index (χ0) is 24.6. The van der Waals surface area contributed by atoms with Crippen LogP contribution in [0.5, 0.6) is 0 Å². The average molecular weight is 502 g/mol. The lowest BCUT2D eigenvalue weighted by Crippen LogP contribution is -2.52. The Hall–Kier alpha value is -3.12. The van der Waals surface area contributed by atoms with E-state index in [0.29, 0.717) is 12.6 Å². The smallest absolute Gasteiger partial charge is 0.321 e. The van der Waals surface area contributed by atoms with Crippen LogP contribution in [0.25, 0.3) is 10.1 Å². The van der Waals surface area contributed by atoms with Crippen molar-refractivity contribution in [1.82, 2.24) is 10.2 Å². The highest BCUT2D eigenvalue weighted by atomic mass is 32.1. The summed E-state index contributed by atoms with van der Waals surface area (Å²) in [7, 11) is 0. The molecule has 36 heavy (non-hydrogen) atoms. The van der Waals surface area contributed by atoms with Crippen molar-refractivity contribution in [3.05, 3.63) is 58.5 Å². The second-order valence-electron chi connectivity index (χ2n) is 9.94. The van der Waals surface area contributed by atoms with E-state index in [9.17, 15) is 10.1 Å². The third-order valence-corrected chi connectivity index (χ3v) is 8.73. The molecule has 0 saturated carbocycles. The van der Waals surface area contributed by atoms with Crippen molar-refractivity contribution in [3.63, 3.8) is 0 Å². The van der Waals surface area contributed by atoms with E-state index >= 15 is 0 Å². The van der Waals surface area contributed by atoms with Crippen molar-refractivity contribution in [2.24, 2.45) is 0 Å². The number of hydrogen-bond donors (Lipinski definition) is 1. The van der Waals surface area contributed by atoms with E-state index in [1.807, 2.05) is 17.0 Å². The number of piperazine rings is 1. The van der Waals surface area contributed by atoms with Gasteiger partial charge in [0, 0.05) is 66.5 Å². The van der Waals surface area contributed by atoms with Gasteiger partial charge in [0.1, 0.15) is 0 Å².